The molecular formula is C23H21N3O3. The summed E-state index contributed by atoms with van der Waals surface area (Å²) in [7, 11) is 0. The SMILES string of the molecule is Cc1ccc2c(c1)OCC(=O)N2Cc1ccc(C(=O)NCc2ccccn2)cc1. The second-order valence-electron chi connectivity index (χ2n) is 6.94. The maximum atomic E-state index is 12.4. The van der Waals surface area contributed by atoms with E-state index in [1.807, 2.05) is 55.5 Å². The van der Waals surface area contributed by atoms with Crippen molar-refractivity contribution in [2.75, 3.05) is 11.5 Å². The number of benzene rings is 2. The number of carbonyl (C=O) groups is 2. The minimum atomic E-state index is -0.162. The first-order valence-corrected chi connectivity index (χ1v) is 9.41. The van der Waals surface area contributed by atoms with Crippen molar-refractivity contribution in [3.05, 3.63) is 89.2 Å². The second-order valence-corrected chi connectivity index (χ2v) is 6.94. The standard InChI is InChI=1S/C23H21N3O3/c1-16-5-10-20-21(12-16)29-15-22(27)26(20)14-17-6-8-18(9-7-17)23(28)25-13-19-4-2-3-11-24-19/h2-12H,13-15H2,1H3,(H,25,28). The lowest BCUT2D eigenvalue weighted by Crippen LogP contribution is -2.38. The predicted octanol–water partition coefficient (Wildman–Crippen LogP) is 3.25. The van der Waals surface area contributed by atoms with Crippen LogP contribution in [-0.2, 0) is 17.9 Å². The molecule has 1 N–H and O–H groups in total. The number of amides is 2. The Hall–Kier alpha value is -3.67. The monoisotopic (exact) mass is 387 g/mol. The molecule has 0 saturated heterocycles. The third kappa shape index (κ3) is 4.27. The summed E-state index contributed by atoms with van der Waals surface area (Å²) < 4.78 is 5.55. The van der Waals surface area contributed by atoms with E-state index in [1.165, 1.54) is 0 Å². The maximum absolute atomic E-state index is 12.4. The van der Waals surface area contributed by atoms with Crippen molar-refractivity contribution in [1.82, 2.24) is 10.3 Å². The maximum Gasteiger partial charge on any atom is 0.265 e. The second kappa shape index (κ2) is 8.14. The molecule has 0 saturated carbocycles. The summed E-state index contributed by atoms with van der Waals surface area (Å²) in [6, 6.07) is 18.7. The van der Waals surface area contributed by atoms with Gasteiger partial charge in [0.2, 0.25) is 0 Å². The Labute approximate surface area is 169 Å². The molecule has 4 rings (SSSR count). The average Bonchev–Trinajstić information content (AvgIpc) is 2.75. The van der Waals surface area contributed by atoms with E-state index in [-0.39, 0.29) is 18.4 Å². The lowest BCUT2D eigenvalue weighted by atomic mass is 10.1. The van der Waals surface area contributed by atoms with Gasteiger partial charge in [0.15, 0.2) is 6.61 Å². The van der Waals surface area contributed by atoms with E-state index >= 15 is 0 Å². The number of aromatic nitrogens is 1. The van der Waals surface area contributed by atoms with Crippen LogP contribution < -0.4 is 15.0 Å². The number of carbonyl (C=O) groups excluding carboxylic acids is 2. The Bertz CT molecular complexity index is 1030. The quantitative estimate of drug-likeness (QED) is 0.730. The fourth-order valence-corrected chi connectivity index (χ4v) is 3.20. The predicted molar refractivity (Wildman–Crippen MR) is 110 cm³/mol. The van der Waals surface area contributed by atoms with Crippen LogP contribution in [0, 0.1) is 6.92 Å². The highest BCUT2D eigenvalue weighted by molar-refractivity contribution is 5.98. The fraction of sp³-hybridized carbons (Fsp3) is 0.174. The number of ether oxygens (including phenoxy) is 1. The fourth-order valence-electron chi connectivity index (χ4n) is 3.20. The van der Waals surface area contributed by atoms with E-state index in [2.05, 4.69) is 10.3 Å². The van der Waals surface area contributed by atoms with Gasteiger partial charge < -0.3 is 15.0 Å². The topological polar surface area (TPSA) is 71.5 Å². The molecule has 2 aromatic carbocycles. The summed E-state index contributed by atoms with van der Waals surface area (Å²) in [5, 5.41) is 2.86. The van der Waals surface area contributed by atoms with Crippen molar-refractivity contribution in [3.8, 4) is 5.75 Å². The van der Waals surface area contributed by atoms with Crippen LogP contribution in [-0.4, -0.2) is 23.4 Å². The van der Waals surface area contributed by atoms with Crippen LogP contribution in [0.3, 0.4) is 0 Å². The van der Waals surface area contributed by atoms with Gasteiger partial charge in [0.25, 0.3) is 11.8 Å². The van der Waals surface area contributed by atoms with E-state index in [9.17, 15) is 9.59 Å². The number of nitrogens with zero attached hydrogens (tertiary/aromatic N) is 2. The molecule has 3 aromatic rings. The molecular weight excluding hydrogens is 366 g/mol. The summed E-state index contributed by atoms with van der Waals surface area (Å²) in [6.45, 7) is 2.82. The molecule has 0 unspecified atom stereocenters. The smallest absolute Gasteiger partial charge is 0.265 e. The molecule has 0 fully saturated rings. The van der Waals surface area contributed by atoms with Crippen LogP contribution in [0.5, 0.6) is 5.75 Å². The molecule has 6 heteroatoms. The Kier molecular flexibility index (Phi) is 5.24. The highest BCUT2D eigenvalue weighted by Crippen LogP contribution is 2.33. The summed E-state index contributed by atoms with van der Waals surface area (Å²) in [4.78, 5) is 30.6. The number of pyridine rings is 1. The van der Waals surface area contributed by atoms with Gasteiger partial charge in [0.05, 0.1) is 24.5 Å². The molecule has 0 spiro atoms. The number of fused-ring (bicyclic) bond motifs is 1. The van der Waals surface area contributed by atoms with Crippen molar-refractivity contribution >= 4 is 17.5 Å². The third-order valence-electron chi connectivity index (χ3n) is 4.77. The molecule has 0 bridgehead atoms. The molecule has 29 heavy (non-hydrogen) atoms. The summed E-state index contributed by atoms with van der Waals surface area (Å²) in [6.07, 6.45) is 1.70. The number of hydrogen-bond donors (Lipinski definition) is 1. The molecule has 6 nitrogen and oxygen atoms in total. The first-order valence-electron chi connectivity index (χ1n) is 9.41. The average molecular weight is 387 g/mol. The number of aryl methyl sites for hydroxylation is 1. The lowest BCUT2D eigenvalue weighted by molar-refractivity contribution is -0.121. The Morgan fingerprint density at radius 1 is 1.14 bits per heavy atom. The normalized spacial score (nSPS) is 12.9. The van der Waals surface area contributed by atoms with Gasteiger partial charge in [-0.05, 0) is 54.4 Å². The van der Waals surface area contributed by atoms with E-state index in [4.69, 9.17) is 4.74 Å². The molecule has 2 heterocycles. The number of rotatable bonds is 5. The molecule has 0 radical (unpaired) electrons. The molecule has 1 aliphatic heterocycles. The van der Waals surface area contributed by atoms with Gasteiger partial charge in [-0.15, -0.1) is 0 Å². The van der Waals surface area contributed by atoms with Crippen LogP contribution in [0.4, 0.5) is 5.69 Å². The zero-order valence-corrected chi connectivity index (χ0v) is 16.1. The van der Waals surface area contributed by atoms with Crippen molar-refractivity contribution in [2.24, 2.45) is 0 Å². The molecule has 0 atom stereocenters. The summed E-state index contributed by atoms with van der Waals surface area (Å²) in [5.41, 5.74) is 4.16. The first kappa shape index (κ1) is 18.7. The lowest BCUT2D eigenvalue weighted by Gasteiger charge is -2.29. The Morgan fingerprint density at radius 2 is 1.97 bits per heavy atom. The van der Waals surface area contributed by atoms with Gasteiger partial charge in [-0.25, -0.2) is 0 Å². The summed E-state index contributed by atoms with van der Waals surface area (Å²) >= 11 is 0. The van der Waals surface area contributed by atoms with Crippen molar-refractivity contribution in [1.29, 1.82) is 0 Å². The van der Waals surface area contributed by atoms with Crippen molar-refractivity contribution < 1.29 is 14.3 Å². The van der Waals surface area contributed by atoms with Crippen LogP contribution in [0.1, 0.15) is 27.2 Å². The van der Waals surface area contributed by atoms with Gasteiger partial charge in [-0.2, -0.15) is 0 Å². The van der Waals surface area contributed by atoms with Crippen LogP contribution in [0.25, 0.3) is 0 Å². The minimum absolute atomic E-state index is 0.0322. The molecule has 2 amide bonds. The number of hydrogen-bond acceptors (Lipinski definition) is 4. The van der Waals surface area contributed by atoms with Crippen molar-refractivity contribution in [3.63, 3.8) is 0 Å². The third-order valence-corrected chi connectivity index (χ3v) is 4.77. The van der Waals surface area contributed by atoms with E-state index in [0.717, 1.165) is 28.3 Å². The zero-order chi connectivity index (χ0) is 20.2. The molecule has 1 aliphatic rings. The molecule has 0 aliphatic carbocycles. The highest BCUT2D eigenvalue weighted by Gasteiger charge is 2.25. The van der Waals surface area contributed by atoms with Gasteiger partial charge in [-0.1, -0.05) is 24.3 Å². The molecule has 146 valence electrons. The van der Waals surface area contributed by atoms with E-state index in [1.54, 1.807) is 23.2 Å². The van der Waals surface area contributed by atoms with Gasteiger partial charge in [0, 0.05) is 11.8 Å². The zero-order valence-electron chi connectivity index (χ0n) is 16.1. The van der Waals surface area contributed by atoms with Gasteiger partial charge in [0.1, 0.15) is 5.75 Å². The summed E-state index contributed by atoms with van der Waals surface area (Å²) in [5.74, 6) is 0.471. The highest BCUT2D eigenvalue weighted by atomic mass is 16.5. The van der Waals surface area contributed by atoms with Gasteiger partial charge in [-0.3, -0.25) is 14.6 Å². The largest absolute Gasteiger partial charge is 0.482 e. The Balaban J connectivity index is 1.43. The Morgan fingerprint density at radius 3 is 2.72 bits per heavy atom. The van der Waals surface area contributed by atoms with Crippen LogP contribution in [0.2, 0.25) is 0 Å². The number of anilines is 1. The number of nitrogens with one attached hydrogen (secondary N) is 1. The van der Waals surface area contributed by atoms with E-state index in [0.29, 0.717) is 18.7 Å². The first-order chi connectivity index (χ1) is 14.1. The van der Waals surface area contributed by atoms with Crippen LogP contribution >= 0.6 is 0 Å². The van der Waals surface area contributed by atoms with Gasteiger partial charge >= 0.3 is 0 Å². The minimum Gasteiger partial charge on any atom is -0.482 e. The van der Waals surface area contributed by atoms with Crippen molar-refractivity contribution in [2.45, 2.75) is 20.0 Å². The van der Waals surface area contributed by atoms with E-state index < -0.39 is 0 Å². The van der Waals surface area contributed by atoms with Crippen LogP contribution in [0.15, 0.2) is 66.9 Å². The molecule has 1 aromatic heterocycles.